The summed E-state index contributed by atoms with van der Waals surface area (Å²) in [5.74, 6) is -1.87. The molecule has 166 valence electrons. The van der Waals surface area contributed by atoms with Crippen molar-refractivity contribution >= 4 is 23.9 Å². The van der Waals surface area contributed by atoms with Crippen molar-refractivity contribution in [3.05, 3.63) is 47.2 Å². The lowest BCUT2D eigenvalue weighted by Crippen LogP contribution is -2.50. The molecule has 0 bridgehead atoms. The lowest BCUT2D eigenvalue weighted by atomic mass is 10.0. The van der Waals surface area contributed by atoms with Crippen LogP contribution in [0.25, 0.3) is 0 Å². The number of carbonyl (C=O) groups is 4. The molecule has 1 aromatic carbocycles. The first-order valence-electron chi connectivity index (χ1n) is 10.3. The van der Waals surface area contributed by atoms with E-state index >= 15 is 0 Å². The molecular formula is C22H27N3O6. The van der Waals surface area contributed by atoms with Crippen LogP contribution in [0.4, 0.5) is 4.79 Å². The molecule has 9 heteroatoms. The Balaban J connectivity index is 1.66. The molecule has 0 aliphatic carbocycles. The maximum atomic E-state index is 12.6. The monoisotopic (exact) mass is 429 g/mol. The first-order chi connectivity index (χ1) is 14.8. The SMILES string of the molecule is CCOC(=O)C1=C(COC(=O)[C@@H]2CC(=O)N([C@H](C)c3ccccc3)C2)NC(=O)N[C@H]1C. The van der Waals surface area contributed by atoms with Gasteiger partial charge in [0.1, 0.15) is 6.61 Å². The van der Waals surface area contributed by atoms with Crippen molar-refractivity contribution < 1.29 is 28.7 Å². The summed E-state index contributed by atoms with van der Waals surface area (Å²) in [5, 5.41) is 5.09. The number of amides is 3. The van der Waals surface area contributed by atoms with Crippen LogP contribution in [0.1, 0.15) is 38.8 Å². The zero-order chi connectivity index (χ0) is 22.5. The third-order valence-electron chi connectivity index (χ3n) is 5.47. The summed E-state index contributed by atoms with van der Waals surface area (Å²) >= 11 is 0. The minimum Gasteiger partial charge on any atom is -0.463 e. The molecule has 3 amide bonds. The van der Waals surface area contributed by atoms with Crippen LogP contribution >= 0.6 is 0 Å². The molecule has 1 fully saturated rings. The minimum absolute atomic E-state index is 0.0596. The van der Waals surface area contributed by atoms with Crippen LogP contribution in [0.15, 0.2) is 41.6 Å². The molecule has 2 heterocycles. The lowest BCUT2D eigenvalue weighted by Gasteiger charge is -2.27. The second-order valence-electron chi connectivity index (χ2n) is 7.57. The molecule has 9 nitrogen and oxygen atoms in total. The summed E-state index contributed by atoms with van der Waals surface area (Å²) in [6, 6.07) is 8.35. The van der Waals surface area contributed by atoms with Crippen molar-refractivity contribution in [1.29, 1.82) is 0 Å². The van der Waals surface area contributed by atoms with Gasteiger partial charge in [0.25, 0.3) is 0 Å². The van der Waals surface area contributed by atoms with Gasteiger partial charge < -0.3 is 25.0 Å². The van der Waals surface area contributed by atoms with Crippen LogP contribution < -0.4 is 10.6 Å². The molecular weight excluding hydrogens is 402 g/mol. The van der Waals surface area contributed by atoms with E-state index in [9.17, 15) is 19.2 Å². The van der Waals surface area contributed by atoms with Gasteiger partial charge >= 0.3 is 18.0 Å². The topological polar surface area (TPSA) is 114 Å². The van der Waals surface area contributed by atoms with Gasteiger partial charge in [0.05, 0.1) is 35.9 Å². The fourth-order valence-corrected chi connectivity index (χ4v) is 3.83. The molecule has 0 radical (unpaired) electrons. The fourth-order valence-electron chi connectivity index (χ4n) is 3.83. The number of carbonyl (C=O) groups excluding carboxylic acids is 4. The van der Waals surface area contributed by atoms with Crippen LogP contribution in [0.3, 0.4) is 0 Å². The molecule has 0 spiro atoms. The van der Waals surface area contributed by atoms with E-state index in [1.165, 1.54) is 0 Å². The Morgan fingerprint density at radius 1 is 1.19 bits per heavy atom. The van der Waals surface area contributed by atoms with Crippen LogP contribution in [0.2, 0.25) is 0 Å². The van der Waals surface area contributed by atoms with Crippen LogP contribution in [-0.2, 0) is 23.9 Å². The van der Waals surface area contributed by atoms with Crippen LogP contribution in [0.5, 0.6) is 0 Å². The average Bonchev–Trinajstić information content (AvgIpc) is 3.13. The van der Waals surface area contributed by atoms with E-state index in [4.69, 9.17) is 9.47 Å². The molecule has 0 unspecified atom stereocenters. The number of esters is 2. The van der Waals surface area contributed by atoms with Gasteiger partial charge in [-0.15, -0.1) is 0 Å². The van der Waals surface area contributed by atoms with Gasteiger partial charge in [0, 0.05) is 13.0 Å². The zero-order valence-electron chi connectivity index (χ0n) is 17.8. The Bertz CT molecular complexity index is 898. The van der Waals surface area contributed by atoms with Crippen molar-refractivity contribution in [3.8, 4) is 0 Å². The van der Waals surface area contributed by atoms with E-state index in [0.29, 0.717) is 0 Å². The van der Waals surface area contributed by atoms with Gasteiger partial charge in [-0.25, -0.2) is 9.59 Å². The Kier molecular flexibility index (Phi) is 6.94. The van der Waals surface area contributed by atoms with Crippen molar-refractivity contribution in [2.75, 3.05) is 19.8 Å². The number of rotatable bonds is 7. The molecule has 3 atom stereocenters. The van der Waals surface area contributed by atoms with E-state index in [2.05, 4.69) is 10.6 Å². The van der Waals surface area contributed by atoms with Crippen LogP contribution in [-0.4, -0.2) is 54.6 Å². The quantitative estimate of drug-likeness (QED) is 0.637. The number of ether oxygens (including phenoxy) is 2. The molecule has 3 rings (SSSR count). The number of benzene rings is 1. The Morgan fingerprint density at radius 2 is 1.90 bits per heavy atom. The van der Waals surface area contributed by atoms with E-state index in [-0.39, 0.29) is 49.4 Å². The zero-order valence-corrected chi connectivity index (χ0v) is 17.8. The van der Waals surface area contributed by atoms with Gasteiger partial charge in [0.2, 0.25) is 5.91 Å². The molecule has 2 N–H and O–H groups in total. The number of urea groups is 1. The summed E-state index contributed by atoms with van der Waals surface area (Å²) in [6.07, 6.45) is 0.0596. The van der Waals surface area contributed by atoms with Gasteiger partial charge in [-0.2, -0.15) is 0 Å². The first-order valence-corrected chi connectivity index (χ1v) is 10.3. The number of nitrogens with zero attached hydrogens (tertiary/aromatic N) is 1. The van der Waals surface area contributed by atoms with Crippen molar-refractivity contribution in [1.82, 2.24) is 15.5 Å². The van der Waals surface area contributed by atoms with E-state index in [0.717, 1.165) is 5.56 Å². The predicted molar refractivity (Wildman–Crippen MR) is 110 cm³/mol. The second-order valence-corrected chi connectivity index (χ2v) is 7.57. The normalized spacial score (nSPS) is 22.0. The Hall–Kier alpha value is -3.36. The number of nitrogens with one attached hydrogen (secondary N) is 2. The van der Waals surface area contributed by atoms with E-state index < -0.39 is 29.9 Å². The molecule has 2 aliphatic heterocycles. The van der Waals surface area contributed by atoms with Gasteiger partial charge in [-0.1, -0.05) is 30.3 Å². The number of hydrogen-bond acceptors (Lipinski definition) is 6. The molecule has 2 aliphatic rings. The Morgan fingerprint density at radius 3 is 2.58 bits per heavy atom. The number of likely N-dealkylation sites (tertiary alicyclic amines) is 1. The molecule has 0 aromatic heterocycles. The summed E-state index contributed by atoms with van der Waals surface area (Å²) in [5.41, 5.74) is 1.37. The summed E-state index contributed by atoms with van der Waals surface area (Å²) in [7, 11) is 0. The standard InChI is InChI=1S/C22H27N3O6/c1-4-30-21(28)19-13(2)23-22(29)24-17(19)12-31-20(27)16-10-18(26)25(11-16)14(3)15-8-6-5-7-9-15/h5-9,13-14,16H,4,10-12H2,1-3H3,(H2,23,24,29)/t13-,14+,16+/m0/s1. The van der Waals surface area contributed by atoms with Crippen molar-refractivity contribution in [2.45, 2.75) is 39.3 Å². The third-order valence-corrected chi connectivity index (χ3v) is 5.47. The lowest BCUT2D eigenvalue weighted by molar-refractivity contribution is -0.148. The highest BCUT2D eigenvalue weighted by molar-refractivity contribution is 5.95. The second kappa shape index (κ2) is 9.63. The highest BCUT2D eigenvalue weighted by atomic mass is 16.5. The van der Waals surface area contributed by atoms with Gasteiger partial charge in [0.15, 0.2) is 0 Å². The van der Waals surface area contributed by atoms with Crippen molar-refractivity contribution in [3.63, 3.8) is 0 Å². The Labute approximate surface area is 180 Å². The highest BCUT2D eigenvalue weighted by Crippen LogP contribution is 2.29. The maximum absolute atomic E-state index is 12.6. The fraction of sp³-hybridized carbons (Fsp3) is 0.455. The molecule has 1 aromatic rings. The molecule has 31 heavy (non-hydrogen) atoms. The third kappa shape index (κ3) is 5.04. The average molecular weight is 429 g/mol. The van der Waals surface area contributed by atoms with Crippen LogP contribution in [0, 0.1) is 5.92 Å². The summed E-state index contributed by atoms with van der Waals surface area (Å²) in [4.78, 5) is 50.9. The first kappa shape index (κ1) is 22.3. The maximum Gasteiger partial charge on any atom is 0.338 e. The predicted octanol–water partition coefficient (Wildman–Crippen LogP) is 1.66. The summed E-state index contributed by atoms with van der Waals surface area (Å²) < 4.78 is 10.4. The van der Waals surface area contributed by atoms with Gasteiger partial charge in [-0.05, 0) is 26.3 Å². The smallest absolute Gasteiger partial charge is 0.338 e. The molecule has 1 saturated heterocycles. The minimum atomic E-state index is -0.611. The van der Waals surface area contributed by atoms with Gasteiger partial charge in [-0.3, -0.25) is 9.59 Å². The largest absolute Gasteiger partial charge is 0.463 e. The highest BCUT2D eigenvalue weighted by Gasteiger charge is 2.38. The van der Waals surface area contributed by atoms with Crippen molar-refractivity contribution in [2.24, 2.45) is 5.92 Å². The summed E-state index contributed by atoms with van der Waals surface area (Å²) in [6.45, 7) is 5.38. The number of hydrogen-bond donors (Lipinski definition) is 2. The van der Waals surface area contributed by atoms with E-state index in [1.807, 2.05) is 37.3 Å². The van der Waals surface area contributed by atoms with E-state index in [1.54, 1.807) is 18.7 Å². The molecule has 0 saturated carbocycles.